The van der Waals surface area contributed by atoms with Crippen molar-refractivity contribution in [3.63, 3.8) is 0 Å². The zero-order chi connectivity index (χ0) is 15.1. The molecule has 1 aromatic heterocycles. The molecule has 5 unspecified atom stereocenters. The minimum absolute atomic E-state index is 0.0172. The number of carbonyl (C=O) groups is 1. The van der Waals surface area contributed by atoms with Gasteiger partial charge in [0.15, 0.2) is 0 Å². The standard InChI is InChI=1S/C17H26N2OS/c1-5-10(2)15-17(20)19(9-13-8-11(13)3)16(18-15)14-7-6-12(4)21-14/h6-7,10-11,13,15-16,18H,5,8-9H2,1-4H3. The third kappa shape index (κ3) is 2.88. The number of nitrogens with one attached hydrogen (secondary N) is 1. The lowest BCUT2D eigenvalue weighted by Crippen LogP contribution is -2.36. The van der Waals surface area contributed by atoms with Crippen molar-refractivity contribution in [2.24, 2.45) is 17.8 Å². The van der Waals surface area contributed by atoms with Crippen LogP contribution in [0.2, 0.25) is 0 Å². The summed E-state index contributed by atoms with van der Waals surface area (Å²) < 4.78 is 0. The highest BCUT2D eigenvalue weighted by molar-refractivity contribution is 7.12. The maximum atomic E-state index is 12.8. The van der Waals surface area contributed by atoms with Gasteiger partial charge in [0.2, 0.25) is 5.91 Å². The second kappa shape index (κ2) is 5.73. The summed E-state index contributed by atoms with van der Waals surface area (Å²) >= 11 is 1.80. The largest absolute Gasteiger partial charge is 0.320 e. The summed E-state index contributed by atoms with van der Waals surface area (Å²) in [7, 11) is 0. The molecule has 3 nitrogen and oxygen atoms in total. The van der Waals surface area contributed by atoms with Crippen LogP contribution in [0.3, 0.4) is 0 Å². The van der Waals surface area contributed by atoms with Crippen LogP contribution in [0.25, 0.3) is 0 Å². The molecule has 1 aliphatic carbocycles. The summed E-state index contributed by atoms with van der Waals surface area (Å²) in [6, 6.07) is 4.31. The van der Waals surface area contributed by atoms with E-state index in [1.54, 1.807) is 11.3 Å². The highest BCUT2D eigenvalue weighted by Gasteiger charge is 2.45. The van der Waals surface area contributed by atoms with E-state index in [0.29, 0.717) is 17.7 Å². The van der Waals surface area contributed by atoms with Gasteiger partial charge in [-0.05, 0) is 43.2 Å². The molecule has 4 heteroatoms. The van der Waals surface area contributed by atoms with Crippen molar-refractivity contribution in [3.8, 4) is 0 Å². The first-order chi connectivity index (χ1) is 10.0. The number of thiophene rings is 1. The minimum atomic E-state index is -0.0172. The van der Waals surface area contributed by atoms with Crippen molar-refractivity contribution >= 4 is 17.2 Å². The molecule has 0 aromatic carbocycles. The average molecular weight is 306 g/mol. The molecule has 2 fully saturated rings. The number of hydrogen-bond acceptors (Lipinski definition) is 3. The van der Waals surface area contributed by atoms with E-state index in [-0.39, 0.29) is 12.2 Å². The Labute approximate surface area is 131 Å². The van der Waals surface area contributed by atoms with Gasteiger partial charge in [0.05, 0.1) is 6.04 Å². The molecule has 1 aliphatic heterocycles. The maximum Gasteiger partial charge on any atom is 0.241 e. The van der Waals surface area contributed by atoms with Crippen molar-refractivity contribution < 1.29 is 4.79 Å². The van der Waals surface area contributed by atoms with Crippen LogP contribution in [-0.4, -0.2) is 23.4 Å². The van der Waals surface area contributed by atoms with Gasteiger partial charge in [-0.1, -0.05) is 27.2 Å². The molecule has 1 saturated carbocycles. The fraction of sp³-hybridized carbons (Fsp3) is 0.706. The fourth-order valence-corrected chi connectivity index (χ4v) is 4.17. The fourth-order valence-electron chi connectivity index (χ4n) is 3.22. The Morgan fingerprint density at radius 1 is 1.48 bits per heavy atom. The molecule has 1 amide bonds. The highest BCUT2D eigenvalue weighted by Crippen LogP contribution is 2.41. The molecule has 2 heterocycles. The van der Waals surface area contributed by atoms with Gasteiger partial charge in [-0.15, -0.1) is 11.3 Å². The Morgan fingerprint density at radius 2 is 2.19 bits per heavy atom. The van der Waals surface area contributed by atoms with Gasteiger partial charge in [0.1, 0.15) is 6.17 Å². The molecule has 1 aromatic rings. The van der Waals surface area contributed by atoms with Gasteiger partial charge >= 0.3 is 0 Å². The van der Waals surface area contributed by atoms with E-state index < -0.39 is 0 Å². The molecule has 0 spiro atoms. The molecule has 116 valence electrons. The Hall–Kier alpha value is -0.870. The molecular formula is C17H26N2OS. The van der Waals surface area contributed by atoms with E-state index in [0.717, 1.165) is 18.9 Å². The first-order valence-electron chi connectivity index (χ1n) is 8.14. The van der Waals surface area contributed by atoms with Crippen molar-refractivity contribution in [1.82, 2.24) is 10.2 Å². The number of carbonyl (C=O) groups excluding carboxylic acids is 1. The number of aryl methyl sites for hydroxylation is 1. The van der Waals surface area contributed by atoms with Gasteiger partial charge in [-0.25, -0.2) is 0 Å². The van der Waals surface area contributed by atoms with Crippen molar-refractivity contribution in [2.75, 3.05) is 6.54 Å². The first kappa shape index (κ1) is 15.0. The van der Waals surface area contributed by atoms with Gasteiger partial charge < -0.3 is 4.90 Å². The first-order valence-corrected chi connectivity index (χ1v) is 8.95. The molecule has 2 aliphatic rings. The van der Waals surface area contributed by atoms with Crippen LogP contribution < -0.4 is 5.32 Å². The zero-order valence-electron chi connectivity index (χ0n) is 13.4. The summed E-state index contributed by atoms with van der Waals surface area (Å²) in [5, 5.41) is 3.61. The Balaban J connectivity index is 1.82. The molecule has 5 atom stereocenters. The predicted molar refractivity (Wildman–Crippen MR) is 87.2 cm³/mol. The normalized spacial score (nSPS) is 33.5. The Bertz CT molecular complexity index is 527. The van der Waals surface area contributed by atoms with Crippen LogP contribution in [-0.2, 0) is 4.79 Å². The van der Waals surface area contributed by atoms with E-state index in [9.17, 15) is 4.79 Å². The summed E-state index contributed by atoms with van der Waals surface area (Å²) in [5.41, 5.74) is 0. The summed E-state index contributed by atoms with van der Waals surface area (Å²) in [6.07, 6.45) is 2.39. The molecule has 3 rings (SSSR count). The predicted octanol–water partition coefficient (Wildman–Crippen LogP) is 3.56. The second-order valence-electron chi connectivity index (χ2n) is 6.84. The molecule has 21 heavy (non-hydrogen) atoms. The molecule has 1 N–H and O–H groups in total. The third-order valence-electron chi connectivity index (χ3n) is 5.15. The van der Waals surface area contributed by atoms with Crippen LogP contribution in [0, 0.1) is 24.7 Å². The summed E-state index contributed by atoms with van der Waals surface area (Å²) in [6.45, 7) is 9.67. The zero-order valence-corrected chi connectivity index (χ0v) is 14.2. The molecule has 0 radical (unpaired) electrons. The van der Waals surface area contributed by atoms with Crippen molar-refractivity contribution in [2.45, 2.75) is 52.7 Å². The lowest BCUT2D eigenvalue weighted by Gasteiger charge is -2.23. The number of rotatable bonds is 5. The quantitative estimate of drug-likeness (QED) is 0.902. The Kier molecular flexibility index (Phi) is 4.10. The van der Waals surface area contributed by atoms with Crippen LogP contribution in [0.4, 0.5) is 0 Å². The molecule has 1 saturated heterocycles. The summed E-state index contributed by atoms with van der Waals surface area (Å²) in [4.78, 5) is 17.5. The minimum Gasteiger partial charge on any atom is -0.320 e. The van der Waals surface area contributed by atoms with Gasteiger partial charge in [0.25, 0.3) is 0 Å². The van der Waals surface area contributed by atoms with Crippen molar-refractivity contribution in [3.05, 3.63) is 21.9 Å². The van der Waals surface area contributed by atoms with E-state index in [2.05, 4.69) is 50.0 Å². The number of hydrogen-bond donors (Lipinski definition) is 1. The van der Waals surface area contributed by atoms with Crippen LogP contribution >= 0.6 is 11.3 Å². The van der Waals surface area contributed by atoms with Crippen molar-refractivity contribution in [1.29, 1.82) is 0 Å². The van der Waals surface area contributed by atoms with Crippen LogP contribution in [0.5, 0.6) is 0 Å². The SMILES string of the molecule is CCC(C)C1NC(c2ccc(C)s2)N(CC2CC2C)C1=O. The average Bonchev–Trinajstić information content (AvgIpc) is 2.84. The number of amides is 1. The molecule has 0 bridgehead atoms. The Morgan fingerprint density at radius 3 is 2.71 bits per heavy atom. The van der Waals surface area contributed by atoms with E-state index in [1.807, 2.05) is 0 Å². The topological polar surface area (TPSA) is 32.3 Å². The lowest BCUT2D eigenvalue weighted by atomic mass is 9.99. The van der Waals surface area contributed by atoms with Crippen LogP contribution in [0.1, 0.15) is 49.5 Å². The second-order valence-corrected chi connectivity index (χ2v) is 8.16. The molecular weight excluding hydrogens is 280 g/mol. The van der Waals surface area contributed by atoms with E-state index >= 15 is 0 Å². The van der Waals surface area contributed by atoms with Crippen LogP contribution in [0.15, 0.2) is 12.1 Å². The van der Waals surface area contributed by atoms with Gasteiger partial charge in [-0.2, -0.15) is 0 Å². The lowest BCUT2D eigenvalue weighted by molar-refractivity contribution is -0.131. The maximum absolute atomic E-state index is 12.8. The van der Waals surface area contributed by atoms with E-state index in [4.69, 9.17) is 0 Å². The van der Waals surface area contributed by atoms with E-state index in [1.165, 1.54) is 16.2 Å². The van der Waals surface area contributed by atoms with Gasteiger partial charge in [0, 0.05) is 16.3 Å². The monoisotopic (exact) mass is 306 g/mol. The highest BCUT2D eigenvalue weighted by atomic mass is 32.1. The van der Waals surface area contributed by atoms with Gasteiger partial charge in [-0.3, -0.25) is 10.1 Å². The summed E-state index contributed by atoms with van der Waals surface area (Å²) in [5.74, 6) is 2.18. The third-order valence-corrected chi connectivity index (χ3v) is 6.20. The smallest absolute Gasteiger partial charge is 0.241 e. The number of nitrogens with zero attached hydrogens (tertiary/aromatic N) is 1.